The molecule has 0 spiro atoms. The van der Waals surface area contributed by atoms with Crippen LogP contribution < -0.4 is 0 Å². The van der Waals surface area contributed by atoms with Crippen LogP contribution in [0.2, 0.25) is 5.02 Å². The summed E-state index contributed by atoms with van der Waals surface area (Å²) in [5.74, 6) is 0. The minimum atomic E-state index is -0.160. The first-order valence-corrected chi connectivity index (χ1v) is 5.26. The number of hydrogen-bond donors (Lipinski definition) is 0. The number of pyridine rings is 1. The van der Waals surface area contributed by atoms with Gasteiger partial charge in [-0.05, 0) is 20.8 Å². The molecule has 2 rings (SSSR count). The second-order valence-electron chi connectivity index (χ2n) is 4.56. The Morgan fingerprint density at radius 1 is 1.38 bits per heavy atom. The maximum absolute atomic E-state index is 8.84. The summed E-state index contributed by atoms with van der Waals surface area (Å²) in [5, 5.41) is 14.2. The van der Waals surface area contributed by atoms with Gasteiger partial charge in [-0.3, -0.25) is 0 Å². The van der Waals surface area contributed by atoms with Crippen LogP contribution in [0.3, 0.4) is 0 Å². The molecular formula is C11H11ClN4. The summed E-state index contributed by atoms with van der Waals surface area (Å²) in [4.78, 5) is 4.23. The van der Waals surface area contributed by atoms with Gasteiger partial charge in [0.05, 0.1) is 27.7 Å². The number of halogens is 1. The van der Waals surface area contributed by atoms with Gasteiger partial charge in [0, 0.05) is 6.20 Å². The molecular weight excluding hydrogens is 224 g/mol. The van der Waals surface area contributed by atoms with E-state index in [0.29, 0.717) is 16.2 Å². The standard InChI is InChI=1S/C11H11ClN4/c1-11(2,3)16-10-8(6-15-16)9(12)7(4-13)5-14-10/h5-6H,1-3H3. The zero-order valence-corrected chi connectivity index (χ0v) is 10.1. The Balaban J connectivity index is 2.79. The maximum atomic E-state index is 8.84. The van der Waals surface area contributed by atoms with E-state index in [2.05, 4.69) is 10.1 Å². The van der Waals surface area contributed by atoms with E-state index in [9.17, 15) is 0 Å². The van der Waals surface area contributed by atoms with Crippen molar-refractivity contribution in [3.05, 3.63) is 23.0 Å². The van der Waals surface area contributed by atoms with Crippen molar-refractivity contribution in [1.82, 2.24) is 14.8 Å². The first kappa shape index (κ1) is 10.9. The van der Waals surface area contributed by atoms with E-state index in [4.69, 9.17) is 16.9 Å². The molecule has 0 N–H and O–H groups in total. The molecule has 5 heteroatoms. The summed E-state index contributed by atoms with van der Waals surface area (Å²) < 4.78 is 1.80. The minimum absolute atomic E-state index is 0.160. The Bertz CT molecular complexity index is 586. The fraction of sp³-hybridized carbons (Fsp3) is 0.364. The fourth-order valence-electron chi connectivity index (χ4n) is 1.52. The molecule has 0 aliphatic heterocycles. The molecule has 0 aromatic carbocycles. The average Bonchev–Trinajstić information content (AvgIpc) is 2.62. The van der Waals surface area contributed by atoms with Crippen LogP contribution in [0, 0.1) is 11.3 Å². The van der Waals surface area contributed by atoms with E-state index < -0.39 is 0 Å². The van der Waals surface area contributed by atoms with Gasteiger partial charge in [0.15, 0.2) is 5.65 Å². The van der Waals surface area contributed by atoms with Crippen molar-refractivity contribution in [2.75, 3.05) is 0 Å². The smallest absolute Gasteiger partial charge is 0.159 e. The van der Waals surface area contributed by atoms with Gasteiger partial charge in [0.25, 0.3) is 0 Å². The SMILES string of the molecule is CC(C)(C)n1ncc2c(Cl)c(C#N)cnc21. The largest absolute Gasteiger partial charge is 0.242 e. The molecule has 0 saturated carbocycles. The van der Waals surface area contributed by atoms with Crippen LogP contribution in [0.5, 0.6) is 0 Å². The molecule has 0 aliphatic carbocycles. The molecule has 0 radical (unpaired) electrons. The fourth-order valence-corrected chi connectivity index (χ4v) is 1.74. The molecule has 0 saturated heterocycles. The lowest BCUT2D eigenvalue weighted by atomic mass is 10.1. The van der Waals surface area contributed by atoms with Crippen LogP contribution in [0.4, 0.5) is 0 Å². The zero-order valence-electron chi connectivity index (χ0n) is 9.32. The number of rotatable bonds is 0. The van der Waals surface area contributed by atoms with Gasteiger partial charge in [0.2, 0.25) is 0 Å². The van der Waals surface area contributed by atoms with E-state index in [1.165, 1.54) is 6.20 Å². The van der Waals surface area contributed by atoms with Crippen LogP contribution in [-0.4, -0.2) is 14.8 Å². The highest BCUT2D eigenvalue weighted by Gasteiger charge is 2.19. The van der Waals surface area contributed by atoms with Gasteiger partial charge in [-0.15, -0.1) is 0 Å². The van der Waals surface area contributed by atoms with Crippen LogP contribution >= 0.6 is 11.6 Å². The van der Waals surface area contributed by atoms with Crippen LogP contribution in [0.1, 0.15) is 26.3 Å². The van der Waals surface area contributed by atoms with Crippen molar-refractivity contribution < 1.29 is 0 Å². The quantitative estimate of drug-likeness (QED) is 0.704. The summed E-state index contributed by atoms with van der Waals surface area (Å²) >= 11 is 6.09. The first-order chi connectivity index (χ1) is 7.45. The Morgan fingerprint density at radius 2 is 2.06 bits per heavy atom. The van der Waals surface area contributed by atoms with Gasteiger partial charge in [-0.25, -0.2) is 9.67 Å². The highest BCUT2D eigenvalue weighted by atomic mass is 35.5. The van der Waals surface area contributed by atoms with E-state index in [-0.39, 0.29) is 5.54 Å². The van der Waals surface area contributed by atoms with Crippen molar-refractivity contribution in [3.63, 3.8) is 0 Å². The Hall–Kier alpha value is -1.60. The van der Waals surface area contributed by atoms with E-state index in [1.54, 1.807) is 10.9 Å². The average molecular weight is 235 g/mol. The molecule has 0 amide bonds. The van der Waals surface area contributed by atoms with Crippen molar-refractivity contribution >= 4 is 22.6 Å². The predicted molar refractivity (Wildman–Crippen MR) is 62.2 cm³/mol. The number of fused-ring (bicyclic) bond motifs is 1. The molecule has 2 aromatic heterocycles. The Labute approximate surface area is 98.5 Å². The topological polar surface area (TPSA) is 54.5 Å². The highest BCUT2D eigenvalue weighted by Crippen LogP contribution is 2.27. The second kappa shape index (κ2) is 3.46. The number of nitriles is 1. The third-order valence-electron chi connectivity index (χ3n) is 2.29. The van der Waals surface area contributed by atoms with Gasteiger partial charge < -0.3 is 0 Å². The van der Waals surface area contributed by atoms with Crippen molar-refractivity contribution in [2.45, 2.75) is 26.3 Å². The Kier molecular flexibility index (Phi) is 2.36. The van der Waals surface area contributed by atoms with Crippen LogP contribution in [0.15, 0.2) is 12.4 Å². The third-order valence-corrected chi connectivity index (χ3v) is 2.70. The Morgan fingerprint density at radius 3 is 2.62 bits per heavy atom. The summed E-state index contributed by atoms with van der Waals surface area (Å²) in [6, 6.07) is 2.00. The van der Waals surface area contributed by atoms with Gasteiger partial charge >= 0.3 is 0 Å². The molecule has 0 fully saturated rings. The normalized spacial score (nSPS) is 11.7. The summed E-state index contributed by atoms with van der Waals surface area (Å²) in [6.07, 6.45) is 3.13. The molecule has 82 valence electrons. The third kappa shape index (κ3) is 1.54. The van der Waals surface area contributed by atoms with Crippen molar-refractivity contribution in [2.24, 2.45) is 0 Å². The van der Waals surface area contributed by atoms with Crippen molar-refractivity contribution in [3.8, 4) is 6.07 Å². The molecule has 0 bridgehead atoms. The second-order valence-corrected chi connectivity index (χ2v) is 4.94. The maximum Gasteiger partial charge on any atom is 0.159 e. The highest BCUT2D eigenvalue weighted by molar-refractivity contribution is 6.36. The van der Waals surface area contributed by atoms with E-state index in [1.807, 2.05) is 26.8 Å². The van der Waals surface area contributed by atoms with Gasteiger partial charge in [-0.2, -0.15) is 10.4 Å². The molecule has 0 atom stereocenters. The zero-order chi connectivity index (χ0) is 11.9. The van der Waals surface area contributed by atoms with E-state index in [0.717, 1.165) is 5.39 Å². The molecule has 2 aromatic rings. The monoisotopic (exact) mass is 234 g/mol. The van der Waals surface area contributed by atoms with E-state index >= 15 is 0 Å². The molecule has 4 nitrogen and oxygen atoms in total. The molecule has 0 aliphatic rings. The lowest BCUT2D eigenvalue weighted by Crippen LogP contribution is -2.23. The summed E-state index contributed by atoms with van der Waals surface area (Å²) in [6.45, 7) is 6.10. The minimum Gasteiger partial charge on any atom is -0.242 e. The van der Waals surface area contributed by atoms with Crippen LogP contribution in [-0.2, 0) is 5.54 Å². The summed E-state index contributed by atoms with van der Waals surface area (Å²) in [7, 11) is 0. The predicted octanol–water partition coefficient (Wildman–Crippen LogP) is 2.71. The number of nitrogens with zero attached hydrogens (tertiary/aromatic N) is 4. The van der Waals surface area contributed by atoms with Gasteiger partial charge in [0.1, 0.15) is 6.07 Å². The number of hydrogen-bond acceptors (Lipinski definition) is 3. The molecule has 16 heavy (non-hydrogen) atoms. The first-order valence-electron chi connectivity index (χ1n) is 4.88. The van der Waals surface area contributed by atoms with Gasteiger partial charge in [-0.1, -0.05) is 11.6 Å². The van der Waals surface area contributed by atoms with Crippen molar-refractivity contribution in [1.29, 1.82) is 5.26 Å². The summed E-state index contributed by atoms with van der Waals surface area (Å²) in [5.41, 5.74) is 0.922. The number of aromatic nitrogens is 3. The lowest BCUT2D eigenvalue weighted by molar-refractivity contribution is 0.366. The molecule has 2 heterocycles. The van der Waals surface area contributed by atoms with Crippen LogP contribution in [0.25, 0.3) is 11.0 Å². The molecule has 0 unspecified atom stereocenters. The lowest BCUT2D eigenvalue weighted by Gasteiger charge is -2.19.